The van der Waals surface area contributed by atoms with Gasteiger partial charge in [0, 0.05) is 12.3 Å². The highest BCUT2D eigenvalue weighted by Gasteiger charge is 2.07. The van der Waals surface area contributed by atoms with Gasteiger partial charge in [0.25, 0.3) is 0 Å². The van der Waals surface area contributed by atoms with Crippen LogP contribution in [-0.2, 0) is 0 Å². The lowest BCUT2D eigenvalue weighted by Crippen LogP contribution is -1.98. The van der Waals surface area contributed by atoms with Crippen LogP contribution in [0, 0.1) is 0 Å². The Morgan fingerprint density at radius 1 is 1.50 bits per heavy atom. The molecule has 0 fully saturated rings. The molecule has 0 bridgehead atoms. The predicted molar refractivity (Wildman–Crippen MR) is 48.1 cm³/mol. The first-order valence-corrected chi connectivity index (χ1v) is 5.27. The molecule has 2 rings (SSSR count). The summed E-state index contributed by atoms with van der Waals surface area (Å²) in [6.07, 6.45) is 1.28. The molecular weight excluding hydrogens is 162 g/mol. The van der Waals surface area contributed by atoms with Gasteiger partial charge in [-0.3, -0.25) is 0 Å². The van der Waals surface area contributed by atoms with Crippen molar-refractivity contribution in [3.63, 3.8) is 0 Å². The molecular formula is C7H9NS2. The summed E-state index contributed by atoms with van der Waals surface area (Å²) >= 11 is 3.81. The average molecular weight is 171 g/mol. The van der Waals surface area contributed by atoms with Gasteiger partial charge in [0.1, 0.15) is 0 Å². The number of thioether (sulfide) groups is 1. The minimum absolute atomic E-state index is 1.14. The molecule has 0 spiro atoms. The molecule has 0 saturated carbocycles. The summed E-state index contributed by atoms with van der Waals surface area (Å²) in [5.74, 6) is 1.26. The van der Waals surface area contributed by atoms with E-state index in [1.54, 1.807) is 0 Å². The molecule has 1 nitrogen and oxygen atoms in total. The fourth-order valence-corrected chi connectivity index (χ4v) is 3.05. The number of hydrogen-bond donors (Lipinski definition) is 1. The second kappa shape index (κ2) is 2.84. The van der Waals surface area contributed by atoms with Crippen LogP contribution in [0.1, 0.15) is 6.42 Å². The smallest absolute Gasteiger partial charge is 0.0830 e. The van der Waals surface area contributed by atoms with Gasteiger partial charge < -0.3 is 5.32 Å². The molecule has 3 heteroatoms. The van der Waals surface area contributed by atoms with Gasteiger partial charge in [0.05, 0.1) is 9.90 Å². The van der Waals surface area contributed by atoms with E-state index in [9.17, 15) is 0 Å². The van der Waals surface area contributed by atoms with Crippen LogP contribution in [0.2, 0.25) is 0 Å². The molecule has 1 aromatic rings. The average Bonchev–Trinajstić information content (AvgIpc) is 2.28. The van der Waals surface area contributed by atoms with Crippen LogP contribution in [0.5, 0.6) is 0 Å². The van der Waals surface area contributed by atoms with E-state index in [1.165, 1.54) is 22.1 Å². The number of thiophene rings is 1. The number of fused-ring (bicyclic) bond motifs is 1. The number of hydrogen-bond acceptors (Lipinski definition) is 3. The summed E-state index contributed by atoms with van der Waals surface area (Å²) in [4.78, 5) is 0. The lowest BCUT2D eigenvalue weighted by molar-refractivity contribution is 1.00. The highest BCUT2D eigenvalue weighted by atomic mass is 32.2. The van der Waals surface area contributed by atoms with Crippen molar-refractivity contribution < 1.29 is 0 Å². The second-order valence-electron chi connectivity index (χ2n) is 2.25. The zero-order valence-corrected chi connectivity index (χ0v) is 7.23. The molecule has 1 aliphatic heterocycles. The normalized spacial score (nSPS) is 17.2. The molecule has 10 heavy (non-hydrogen) atoms. The fraction of sp³-hybridized carbons (Fsp3) is 0.429. The Morgan fingerprint density at radius 2 is 2.50 bits per heavy atom. The van der Waals surface area contributed by atoms with Crippen molar-refractivity contribution in [1.29, 1.82) is 0 Å². The zero-order chi connectivity index (χ0) is 6.81. The van der Waals surface area contributed by atoms with Gasteiger partial charge in [-0.15, -0.1) is 23.1 Å². The molecule has 0 unspecified atom stereocenters. The summed E-state index contributed by atoms with van der Waals surface area (Å²) in [5.41, 5.74) is 1.34. The zero-order valence-electron chi connectivity index (χ0n) is 5.59. The first kappa shape index (κ1) is 6.55. The van der Waals surface area contributed by atoms with Crippen molar-refractivity contribution in [3.05, 3.63) is 11.4 Å². The maximum Gasteiger partial charge on any atom is 0.0830 e. The Hall–Kier alpha value is -0.150. The Balaban J connectivity index is 2.28. The van der Waals surface area contributed by atoms with Gasteiger partial charge in [-0.05, 0) is 17.9 Å². The Kier molecular flexibility index (Phi) is 1.86. The highest BCUT2D eigenvalue weighted by molar-refractivity contribution is 8.01. The standard InChI is InChI=1S/C7H9NS2/c1-3-8-6-2-5-10-7(6)9-4-1/h2,5,8H,1,3-4H2. The van der Waals surface area contributed by atoms with Crippen molar-refractivity contribution in [2.45, 2.75) is 10.6 Å². The molecule has 1 aromatic heterocycles. The summed E-state index contributed by atoms with van der Waals surface area (Å²) in [6, 6.07) is 2.16. The topological polar surface area (TPSA) is 12.0 Å². The first-order valence-electron chi connectivity index (χ1n) is 3.41. The second-order valence-corrected chi connectivity index (χ2v) is 4.53. The van der Waals surface area contributed by atoms with Crippen molar-refractivity contribution in [3.8, 4) is 0 Å². The minimum atomic E-state index is 1.14. The molecule has 0 radical (unpaired) electrons. The SMILES string of the molecule is c1cc2c(s1)SCCCN2. The van der Waals surface area contributed by atoms with Crippen LogP contribution in [0.3, 0.4) is 0 Å². The van der Waals surface area contributed by atoms with E-state index in [4.69, 9.17) is 0 Å². The first-order chi connectivity index (χ1) is 4.97. The van der Waals surface area contributed by atoms with Gasteiger partial charge >= 0.3 is 0 Å². The molecule has 0 atom stereocenters. The fourth-order valence-electron chi connectivity index (χ4n) is 0.998. The lowest BCUT2D eigenvalue weighted by Gasteiger charge is -1.97. The largest absolute Gasteiger partial charge is 0.383 e. The van der Waals surface area contributed by atoms with E-state index in [1.807, 2.05) is 23.1 Å². The quantitative estimate of drug-likeness (QED) is 0.644. The molecule has 0 aromatic carbocycles. The summed E-state index contributed by atoms with van der Waals surface area (Å²) in [5, 5.41) is 5.54. The van der Waals surface area contributed by atoms with Gasteiger partial charge in [0.15, 0.2) is 0 Å². The third-order valence-electron chi connectivity index (χ3n) is 1.50. The van der Waals surface area contributed by atoms with Gasteiger partial charge in [-0.1, -0.05) is 0 Å². The Morgan fingerprint density at radius 3 is 3.50 bits per heavy atom. The van der Waals surface area contributed by atoms with E-state index in [2.05, 4.69) is 16.8 Å². The maximum atomic E-state index is 3.39. The third kappa shape index (κ3) is 1.16. The number of anilines is 1. The van der Waals surface area contributed by atoms with E-state index >= 15 is 0 Å². The summed E-state index contributed by atoms with van der Waals surface area (Å²) in [7, 11) is 0. The third-order valence-corrected chi connectivity index (χ3v) is 3.82. The van der Waals surface area contributed by atoms with Gasteiger partial charge in [-0.2, -0.15) is 0 Å². The van der Waals surface area contributed by atoms with Crippen LogP contribution in [-0.4, -0.2) is 12.3 Å². The van der Waals surface area contributed by atoms with Crippen LogP contribution in [0.4, 0.5) is 5.69 Å². The van der Waals surface area contributed by atoms with Gasteiger partial charge in [0.2, 0.25) is 0 Å². The van der Waals surface area contributed by atoms with Gasteiger partial charge in [-0.25, -0.2) is 0 Å². The molecule has 0 amide bonds. The van der Waals surface area contributed by atoms with Crippen molar-refractivity contribution in [2.24, 2.45) is 0 Å². The van der Waals surface area contributed by atoms with Crippen LogP contribution >= 0.6 is 23.1 Å². The van der Waals surface area contributed by atoms with Crippen molar-refractivity contribution in [2.75, 3.05) is 17.6 Å². The Bertz CT molecular complexity index is 199. The molecule has 2 heterocycles. The molecule has 1 N–H and O–H groups in total. The van der Waals surface area contributed by atoms with E-state index in [-0.39, 0.29) is 0 Å². The van der Waals surface area contributed by atoms with Crippen LogP contribution in [0.15, 0.2) is 15.7 Å². The predicted octanol–water partition coefficient (Wildman–Crippen LogP) is 2.66. The van der Waals surface area contributed by atoms with Crippen LogP contribution < -0.4 is 5.32 Å². The Labute approximate surface area is 68.8 Å². The van der Waals surface area contributed by atoms with Crippen molar-refractivity contribution in [1.82, 2.24) is 0 Å². The summed E-state index contributed by atoms with van der Waals surface area (Å²) < 4.78 is 1.46. The minimum Gasteiger partial charge on any atom is -0.383 e. The number of rotatable bonds is 0. The number of nitrogens with one attached hydrogen (secondary N) is 1. The van der Waals surface area contributed by atoms with E-state index < -0.39 is 0 Å². The highest BCUT2D eigenvalue weighted by Crippen LogP contribution is 2.34. The van der Waals surface area contributed by atoms with Crippen molar-refractivity contribution >= 4 is 28.8 Å². The molecule has 1 aliphatic rings. The monoisotopic (exact) mass is 171 g/mol. The molecule has 0 aliphatic carbocycles. The molecule has 54 valence electrons. The van der Waals surface area contributed by atoms with E-state index in [0.717, 1.165) is 6.54 Å². The molecule has 0 saturated heterocycles. The van der Waals surface area contributed by atoms with E-state index in [0.29, 0.717) is 0 Å². The lowest BCUT2D eigenvalue weighted by atomic mass is 10.4. The summed E-state index contributed by atoms with van der Waals surface area (Å²) in [6.45, 7) is 1.14. The maximum absolute atomic E-state index is 3.39. The van der Waals surface area contributed by atoms with Crippen LogP contribution in [0.25, 0.3) is 0 Å².